The minimum Gasteiger partial charge on any atom is -0.466 e. The van der Waals surface area contributed by atoms with Crippen molar-refractivity contribution in [3.05, 3.63) is 61.6 Å². The number of nitrogens with zero attached hydrogens (tertiary/aromatic N) is 3. The van der Waals surface area contributed by atoms with Crippen molar-refractivity contribution in [1.29, 1.82) is 0 Å². The highest BCUT2D eigenvalue weighted by molar-refractivity contribution is 6.29. The molecule has 2 heterocycles. The number of aromatic amines is 1. The van der Waals surface area contributed by atoms with Gasteiger partial charge in [-0.2, -0.15) is 0 Å². The number of benzene rings is 1. The maximum absolute atomic E-state index is 14.0. The van der Waals surface area contributed by atoms with Crippen LogP contribution >= 0.6 is 11.6 Å². The quantitative estimate of drug-likeness (QED) is 0.427. The molecule has 0 saturated heterocycles. The third-order valence-corrected chi connectivity index (χ3v) is 5.32. The lowest BCUT2D eigenvalue weighted by molar-refractivity contribution is -0.142. The molecule has 0 amide bonds. The number of nitrogens with one attached hydrogen (secondary N) is 1. The van der Waals surface area contributed by atoms with Crippen LogP contribution in [0.25, 0.3) is 16.7 Å². The number of fused-ring (bicyclic) bond motifs is 1. The number of rotatable bonds is 7. The Labute approximate surface area is 188 Å². The number of esters is 1. The first-order valence-corrected chi connectivity index (χ1v) is 10.5. The summed E-state index contributed by atoms with van der Waals surface area (Å²) in [6, 6.07) is 6.45. The molecule has 0 atom stereocenters. The number of pyridine rings is 1. The zero-order valence-electron chi connectivity index (χ0n) is 18.2. The van der Waals surface area contributed by atoms with Crippen LogP contribution in [0.2, 0.25) is 5.15 Å². The number of hydrogen-bond donors (Lipinski definition) is 1. The number of ether oxygens (including phenoxy) is 1. The van der Waals surface area contributed by atoms with Crippen LogP contribution in [0.15, 0.2) is 33.9 Å². The summed E-state index contributed by atoms with van der Waals surface area (Å²) in [5.41, 5.74) is 0.337. The molecule has 8 nitrogen and oxygen atoms in total. The second-order valence-corrected chi connectivity index (χ2v) is 7.93. The van der Waals surface area contributed by atoms with E-state index in [1.165, 1.54) is 4.57 Å². The lowest BCUT2D eigenvalue weighted by atomic mass is 9.99. The summed E-state index contributed by atoms with van der Waals surface area (Å²) in [6.07, 6.45) is 0.145. The Kier molecular flexibility index (Phi) is 6.98. The second kappa shape index (κ2) is 9.52. The number of halogens is 2. The average Bonchev–Trinajstić information content (AvgIpc) is 2.73. The van der Waals surface area contributed by atoms with Crippen molar-refractivity contribution in [3.63, 3.8) is 0 Å². The molecule has 2 aromatic heterocycles. The van der Waals surface area contributed by atoms with Gasteiger partial charge in [-0.05, 0) is 30.5 Å². The standard InChI is InChI=1S/C22H24ClFN4O4/c1-5-32-17(29)9-10-27(4)16-8-6-7-13(12(2)3)18(16)28-20-14(21(30)26-22(28)31)11-15(24)19(23)25-20/h6-8,11-12H,5,9-10H2,1-4H3,(H,26,30,31). The number of H-pyrrole nitrogens is 1. The molecule has 1 N–H and O–H groups in total. The van der Waals surface area contributed by atoms with Crippen LogP contribution in [-0.2, 0) is 9.53 Å². The average molecular weight is 463 g/mol. The topological polar surface area (TPSA) is 97.3 Å². The molecule has 170 valence electrons. The van der Waals surface area contributed by atoms with E-state index in [9.17, 15) is 18.8 Å². The Morgan fingerprint density at radius 3 is 2.72 bits per heavy atom. The molecule has 0 saturated carbocycles. The number of carbonyl (C=O) groups is 1. The number of carbonyl (C=O) groups excluding carboxylic acids is 1. The maximum atomic E-state index is 14.0. The maximum Gasteiger partial charge on any atom is 0.334 e. The Bertz CT molecular complexity index is 1290. The molecule has 0 aliphatic heterocycles. The molecule has 0 unspecified atom stereocenters. The van der Waals surface area contributed by atoms with E-state index in [2.05, 4.69) is 9.97 Å². The van der Waals surface area contributed by atoms with Gasteiger partial charge in [0.15, 0.2) is 16.6 Å². The third kappa shape index (κ3) is 4.52. The predicted molar refractivity (Wildman–Crippen MR) is 122 cm³/mol. The van der Waals surface area contributed by atoms with Gasteiger partial charge in [0, 0.05) is 13.6 Å². The van der Waals surface area contributed by atoms with Crippen molar-refractivity contribution in [2.24, 2.45) is 0 Å². The molecule has 3 aromatic rings. The first kappa shape index (κ1) is 23.5. The Morgan fingerprint density at radius 1 is 1.34 bits per heavy atom. The molecule has 0 aliphatic rings. The minimum atomic E-state index is -0.862. The predicted octanol–water partition coefficient (Wildman–Crippen LogP) is 3.38. The normalized spacial score (nSPS) is 11.2. The van der Waals surface area contributed by atoms with E-state index >= 15 is 0 Å². The van der Waals surface area contributed by atoms with Gasteiger partial charge in [0.25, 0.3) is 5.56 Å². The molecule has 0 aliphatic carbocycles. The monoisotopic (exact) mass is 462 g/mol. The van der Waals surface area contributed by atoms with E-state index in [0.717, 1.165) is 11.6 Å². The van der Waals surface area contributed by atoms with Gasteiger partial charge >= 0.3 is 11.7 Å². The summed E-state index contributed by atoms with van der Waals surface area (Å²) in [5, 5.41) is -0.555. The lowest BCUT2D eigenvalue weighted by Gasteiger charge is -2.26. The van der Waals surface area contributed by atoms with Gasteiger partial charge in [0.1, 0.15) is 0 Å². The van der Waals surface area contributed by atoms with Crippen LogP contribution in [0.1, 0.15) is 38.7 Å². The van der Waals surface area contributed by atoms with Gasteiger partial charge in [0.05, 0.1) is 29.8 Å². The van der Waals surface area contributed by atoms with Crippen molar-refractivity contribution in [2.75, 3.05) is 25.1 Å². The number of para-hydroxylation sites is 1. The molecule has 0 spiro atoms. The largest absolute Gasteiger partial charge is 0.466 e. The molecule has 0 radical (unpaired) electrons. The molecule has 10 heteroatoms. The van der Waals surface area contributed by atoms with Crippen molar-refractivity contribution in [2.45, 2.75) is 33.1 Å². The number of hydrogen-bond acceptors (Lipinski definition) is 6. The van der Waals surface area contributed by atoms with E-state index in [4.69, 9.17) is 16.3 Å². The van der Waals surface area contributed by atoms with Crippen molar-refractivity contribution >= 4 is 34.3 Å². The fourth-order valence-corrected chi connectivity index (χ4v) is 3.63. The number of anilines is 1. The van der Waals surface area contributed by atoms with Crippen LogP contribution in [-0.4, -0.2) is 40.7 Å². The first-order valence-electron chi connectivity index (χ1n) is 10.2. The second-order valence-electron chi connectivity index (χ2n) is 7.57. The van der Waals surface area contributed by atoms with Crippen LogP contribution in [0.4, 0.5) is 10.1 Å². The highest BCUT2D eigenvalue weighted by atomic mass is 35.5. The Balaban J connectivity index is 2.29. The van der Waals surface area contributed by atoms with Gasteiger partial charge in [-0.15, -0.1) is 0 Å². The van der Waals surface area contributed by atoms with Gasteiger partial charge in [-0.25, -0.2) is 18.7 Å². The van der Waals surface area contributed by atoms with Gasteiger partial charge in [0.2, 0.25) is 0 Å². The molecule has 0 fully saturated rings. The van der Waals surface area contributed by atoms with Crippen molar-refractivity contribution < 1.29 is 13.9 Å². The zero-order chi connectivity index (χ0) is 23.6. The van der Waals surface area contributed by atoms with Gasteiger partial charge < -0.3 is 9.64 Å². The lowest BCUT2D eigenvalue weighted by Crippen LogP contribution is -2.32. The van der Waals surface area contributed by atoms with Gasteiger partial charge in [-0.1, -0.05) is 37.6 Å². The van der Waals surface area contributed by atoms with E-state index in [-0.39, 0.29) is 29.3 Å². The summed E-state index contributed by atoms with van der Waals surface area (Å²) in [5.74, 6) is -1.21. The van der Waals surface area contributed by atoms with Crippen LogP contribution in [0.3, 0.4) is 0 Å². The van der Waals surface area contributed by atoms with Crippen LogP contribution in [0, 0.1) is 5.82 Å². The van der Waals surface area contributed by atoms with E-state index in [1.54, 1.807) is 20.0 Å². The zero-order valence-corrected chi connectivity index (χ0v) is 19.0. The first-order chi connectivity index (χ1) is 15.1. The summed E-state index contributed by atoms with van der Waals surface area (Å²) < 4.78 is 20.3. The van der Waals surface area contributed by atoms with Gasteiger partial charge in [-0.3, -0.25) is 14.6 Å². The molecule has 3 rings (SSSR count). The summed E-state index contributed by atoms with van der Waals surface area (Å²) in [6.45, 7) is 6.27. The fraction of sp³-hybridized carbons (Fsp3) is 0.364. The molecule has 1 aromatic carbocycles. The van der Waals surface area contributed by atoms with E-state index in [1.807, 2.05) is 30.9 Å². The summed E-state index contributed by atoms with van der Waals surface area (Å²) in [4.78, 5) is 45.2. The van der Waals surface area contributed by atoms with E-state index in [0.29, 0.717) is 24.5 Å². The van der Waals surface area contributed by atoms with Crippen LogP contribution < -0.4 is 16.1 Å². The molecular formula is C22H24ClFN4O4. The highest BCUT2D eigenvalue weighted by Crippen LogP contribution is 2.33. The molecular weight excluding hydrogens is 439 g/mol. The molecule has 32 heavy (non-hydrogen) atoms. The molecule has 0 bridgehead atoms. The van der Waals surface area contributed by atoms with Crippen LogP contribution in [0.5, 0.6) is 0 Å². The summed E-state index contributed by atoms with van der Waals surface area (Å²) >= 11 is 5.90. The smallest absolute Gasteiger partial charge is 0.334 e. The third-order valence-electron chi connectivity index (χ3n) is 5.05. The fourth-order valence-electron chi connectivity index (χ4n) is 3.50. The van der Waals surface area contributed by atoms with Crippen molar-refractivity contribution in [3.8, 4) is 5.69 Å². The highest BCUT2D eigenvalue weighted by Gasteiger charge is 2.22. The SMILES string of the molecule is CCOC(=O)CCN(C)c1cccc(C(C)C)c1-n1c(=O)[nH]c(=O)c2cc(F)c(Cl)nc21. The Hall–Kier alpha value is -3.20. The number of aromatic nitrogens is 3. The summed E-state index contributed by atoms with van der Waals surface area (Å²) in [7, 11) is 1.78. The van der Waals surface area contributed by atoms with Crippen molar-refractivity contribution in [1.82, 2.24) is 14.5 Å². The minimum absolute atomic E-state index is 0.00629. The Morgan fingerprint density at radius 2 is 2.06 bits per heavy atom. The van der Waals surface area contributed by atoms with E-state index < -0.39 is 22.2 Å².